The van der Waals surface area contributed by atoms with E-state index < -0.39 is 0 Å². The summed E-state index contributed by atoms with van der Waals surface area (Å²) in [5.74, 6) is 1.36. The Morgan fingerprint density at radius 2 is 2.53 bits per heavy atom. The number of hydrogen-bond donors (Lipinski definition) is 1. The molecule has 0 aromatic carbocycles. The molecule has 0 amide bonds. The third-order valence-electron chi connectivity index (χ3n) is 2.58. The fourth-order valence-electron chi connectivity index (χ4n) is 1.90. The normalized spacial score (nSPS) is 20.2. The molecule has 0 bridgehead atoms. The summed E-state index contributed by atoms with van der Waals surface area (Å²) in [6, 6.07) is 2.22. The third kappa shape index (κ3) is 1.48. The van der Waals surface area contributed by atoms with E-state index >= 15 is 0 Å². The second-order valence-corrected chi connectivity index (χ2v) is 4.62. The molecule has 1 atom stereocenters. The summed E-state index contributed by atoms with van der Waals surface area (Å²) in [6.45, 7) is 2.81. The maximum Gasteiger partial charge on any atom is 0.248 e. The minimum Gasteiger partial charge on any atom is -0.337 e. The third-order valence-corrected chi connectivity index (χ3v) is 3.58. The van der Waals surface area contributed by atoms with Gasteiger partial charge in [0.15, 0.2) is 5.82 Å². The Kier molecular flexibility index (Phi) is 2.07. The molecular formula is C10H11N3OS. The quantitative estimate of drug-likeness (QED) is 0.796. The summed E-state index contributed by atoms with van der Waals surface area (Å²) >= 11 is 1.80. The molecule has 78 valence electrons. The first-order valence-corrected chi connectivity index (χ1v) is 5.82. The lowest BCUT2D eigenvalue weighted by molar-refractivity contribution is 0.342. The van der Waals surface area contributed by atoms with Crippen LogP contribution >= 0.6 is 11.3 Å². The van der Waals surface area contributed by atoms with E-state index in [1.807, 2.05) is 6.92 Å². The van der Waals surface area contributed by atoms with Crippen LogP contribution in [0.15, 0.2) is 16.0 Å². The largest absolute Gasteiger partial charge is 0.337 e. The predicted octanol–water partition coefficient (Wildman–Crippen LogP) is 1.67. The zero-order valence-corrected chi connectivity index (χ0v) is 9.17. The van der Waals surface area contributed by atoms with Crippen LogP contribution in [-0.4, -0.2) is 16.7 Å². The summed E-state index contributed by atoms with van der Waals surface area (Å²) < 4.78 is 5.21. The van der Waals surface area contributed by atoms with Gasteiger partial charge in [0.05, 0.1) is 0 Å². The summed E-state index contributed by atoms with van der Waals surface area (Å²) in [5.41, 5.74) is 1.29. The SMILES string of the molecule is Cc1noc(C2NCCc3sccc32)n1. The van der Waals surface area contributed by atoms with Crippen LogP contribution in [0.1, 0.15) is 28.2 Å². The van der Waals surface area contributed by atoms with Gasteiger partial charge >= 0.3 is 0 Å². The second-order valence-electron chi connectivity index (χ2n) is 3.62. The molecule has 1 aliphatic rings. The first-order valence-electron chi connectivity index (χ1n) is 4.94. The molecule has 3 rings (SSSR count). The summed E-state index contributed by atoms with van der Waals surface area (Å²) in [4.78, 5) is 5.70. The molecule has 15 heavy (non-hydrogen) atoms. The number of nitrogens with zero attached hydrogens (tertiary/aromatic N) is 2. The lowest BCUT2D eigenvalue weighted by Gasteiger charge is -2.20. The van der Waals surface area contributed by atoms with E-state index in [-0.39, 0.29) is 6.04 Å². The van der Waals surface area contributed by atoms with E-state index in [0.717, 1.165) is 13.0 Å². The van der Waals surface area contributed by atoms with Crippen molar-refractivity contribution in [2.75, 3.05) is 6.54 Å². The molecule has 0 radical (unpaired) electrons. The van der Waals surface area contributed by atoms with Crippen LogP contribution in [0.25, 0.3) is 0 Å². The maximum absolute atomic E-state index is 5.21. The number of aromatic nitrogens is 2. The van der Waals surface area contributed by atoms with Crippen LogP contribution in [0, 0.1) is 6.92 Å². The number of fused-ring (bicyclic) bond motifs is 1. The van der Waals surface area contributed by atoms with Gasteiger partial charge in [-0.05, 0) is 30.4 Å². The zero-order valence-electron chi connectivity index (χ0n) is 8.36. The highest BCUT2D eigenvalue weighted by molar-refractivity contribution is 7.10. The van der Waals surface area contributed by atoms with E-state index in [2.05, 4.69) is 26.9 Å². The van der Waals surface area contributed by atoms with Crippen molar-refractivity contribution in [3.63, 3.8) is 0 Å². The van der Waals surface area contributed by atoms with Crippen molar-refractivity contribution in [3.8, 4) is 0 Å². The van der Waals surface area contributed by atoms with E-state index in [1.54, 1.807) is 11.3 Å². The minimum absolute atomic E-state index is 0.0844. The molecule has 1 unspecified atom stereocenters. The molecular weight excluding hydrogens is 210 g/mol. The van der Waals surface area contributed by atoms with Crippen molar-refractivity contribution in [2.24, 2.45) is 0 Å². The Hall–Kier alpha value is -1.20. The van der Waals surface area contributed by atoms with Gasteiger partial charge in [-0.1, -0.05) is 5.16 Å². The maximum atomic E-state index is 5.21. The average Bonchev–Trinajstić information content (AvgIpc) is 2.84. The molecule has 5 heteroatoms. The first-order chi connectivity index (χ1) is 7.34. The fraction of sp³-hybridized carbons (Fsp3) is 0.400. The highest BCUT2D eigenvalue weighted by atomic mass is 32.1. The standard InChI is InChI=1S/C10H11N3OS/c1-6-12-10(14-13-6)9-7-3-5-15-8(7)2-4-11-9/h3,5,9,11H,2,4H2,1H3. The van der Waals surface area contributed by atoms with Gasteiger partial charge < -0.3 is 9.84 Å². The minimum atomic E-state index is 0.0844. The van der Waals surface area contributed by atoms with Crippen LogP contribution < -0.4 is 5.32 Å². The average molecular weight is 221 g/mol. The van der Waals surface area contributed by atoms with Gasteiger partial charge in [0.25, 0.3) is 0 Å². The van der Waals surface area contributed by atoms with Crippen molar-refractivity contribution in [2.45, 2.75) is 19.4 Å². The molecule has 0 saturated heterocycles. The van der Waals surface area contributed by atoms with E-state index in [0.29, 0.717) is 11.7 Å². The predicted molar refractivity (Wildman–Crippen MR) is 56.9 cm³/mol. The van der Waals surface area contributed by atoms with Gasteiger partial charge in [0, 0.05) is 11.4 Å². The van der Waals surface area contributed by atoms with Crippen molar-refractivity contribution in [1.82, 2.24) is 15.5 Å². The van der Waals surface area contributed by atoms with Crippen molar-refractivity contribution >= 4 is 11.3 Å². The molecule has 0 saturated carbocycles. The Morgan fingerprint density at radius 1 is 1.60 bits per heavy atom. The number of rotatable bonds is 1. The smallest absolute Gasteiger partial charge is 0.248 e. The molecule has 4 nitrogen and oxygen atoms in total. The molecule has 0 spiro atoms. The van der Waals surface area contributed by atoms with Crippen molar-refractivity contribution < 1.29 is 4.52 Å². The van der Waals surface area contributed by atoms with Crippen LogP contribution in [0.4, 0.5) is 0 Å². The first kappa shape index (κ1) is 9.06. The Balaban J connectivity index is 2.02. The van der Waals surface area contributed by atoms with Gasteiger partial charge in [-0.25, -0.2) is 0 Å². The number of nitrogens with one attached hydrogen (secondary N) is 1. The van der Waals surface area contributed by atoms with Gasteiger partial charge in [-0.15, -0.1) is 11.3 Å². The Bertz CT molecular complexity index is 476. The molecule has 2 aromatic rings. The number of thiophene rings is 1. The molecule has 3 heterocycles. The fourth-order valence-corrected chi connectivity index (χ4v) is 2.82. The second kappa shape index (κ2) is 3.43. The molecule has 0 aliphatic carbocycles. The van der Waals surface area contributed by atoms with E-state index in [9.17, 15) is 0 Å². The van der Waals surface area contributed by atoms with E-state index in [1.165, 1.54) is 10.4 Å². The van der Waals surface area contributed by atoms with Crippen LogP contribution in [0.5, 0.6) is 0 Å². The summed E-state index contributed by atoms with van der Waals surface area (Å²) in [7, 11) is 0. The van der Waals surface area contributed by atoms with Crippen LogP contribution in [0.3, 0.4) is 0 Å². The van der Waals surface area contributed by atoms with Crippen molar-refractivity contribution in [1.29, 1.82) is 0 Å². The molecule has 1 aliphatic heterocycles. The lowest BCUT2D eigenvalue weighted by Crippen LogP contribution is -2.29. The van der Waals surface area contributed by atoms with Gasteiger partial charge in [0.1, 0.15) is 6.04 Å². The van der Waals surface area contributed by atoms with Gasteiger partial charge in [-0.2, -0.15) is 4.98 Å². The van der Waals surface area contributed by atoms with Crippen molar-refractivity contribution in [3.05, 3.63) is 33.6 Å². The zero-order chi connectivity index (χ0) is 10.3. The molecule has 2 aromatic heterocycles. The van der Waals surface area contributed by atoms with Gasteiger partial charge in [0.2, 0.25) is 5.89 Å². The van der Waals surface area contributed by atoms with Crippen LogP contribution in [0.2, 0.25) is 0 Å². The lowest BCUT2D eigenvalue weighted by atomic mass is 10.0. The number of hydrogen-bond acceptors (Lipinski definition) is 5. The Morgan fingerprint density at radius 3 is 3.33 bits per heavy atom. The summed E-state index contributed by atoms with van der Waals surface area (Å²) in [6.07, 6.45) is 1.09. The topological polar surface area (TPSA) is 51.0 Å². The monoisotopic (exact) mass is 221 g/mol. The van der Waals surface area contributed by atoms with Gasteiger partial charge in [-0.3, -0.25) is 0 Å². The molecule has 0 fully saturated rings. The van der Waals surface area contributed by atoms with E-state index in [4.69, 9.17) is 4.52 Å². The Labute approximate surface area is 91.3 Å². The highest BCUT2D eigenvalue weighted by Crippen LogP contribution is 2.30. The highest BCUT2D eigenvalue weighted by Gasteiger charge is 2.26. The molecule has 1 N–H and O–H groups in total. The van der Waals surface area contributed by atoms with Crippen LogP contribution in [-0.2, 0) is 6.42 Å². The summed E-state index contributed by atoms with van der Waals surface area (Å²) in [5, 5.41) is 9.35. The number of aryl methyl sites for hydroxylation is 1.